The molecule has 4 aromatic rings. The average Bonchev–Trinajstić information content (AvgIpc) is 2.89. The number of fused-ring (bicyclic) bond motifs is 2. The number of benzene rings is 4. The minimum atomic E-state index is -4.47. The van der Waals surface area contributed by atoms with Crippen LogP contribution in [0.5, 0.6) is 0 Å². The van der Waals surface area contributed by atoms with Crippen molar-refractivity contribution in [3.8, 4) is 0 Å². The van der Waals surface area contributed by atoms with E-state index in [1.165, 1.54) is 97.1 Å². The number of anilines is 2. The quantitative estimate of drug-likeness (QED) is 0.403. The summed E-state index contributed by atoms with van der Waals surface area (Å²) >= 11 is 0. The Bertz CT molecular complexity index is 1570. The van der Waals surface area contributed by atoms with E-state index in [1.54, 1.807) is 12.1 Å². The number of amides is 2. The summed E-state index contributed by atoms with van der Waals surface area (Å²) in [6, 6.07) is 25.7. The first-order valence-electron chi connectivity index (χ1n) is 10.7. The largest absolute Gasteiger partial charge is 0.274 e. The monoisotopic (exact) mass is 518 g/mol. The van der Waals surface area contributed by atoms with Gasteiger partial charge < -0.3 is 0 Å². The topological polar surface area (TPSA) is 109 Å². The van der Waals surface area contributed by atoms with Gasteiger partial charge in [-0.1, -0.05) is 60.7 Å². The number of carbonyl (C=O) groups excluding carboxylic acids is 2. The van der Waals surface area contributed by atoms with E-state index in [9.17, 15) is 26.4 Å². The molecule has 0 bridgehead atoms. The highest BCUT2D eigenvalue weighted by Crippen LogP contribution is 2.38. The normalized spacial score (nSPS) is 14.0. The van der Waals surface area contributed by atoms with Crippen LogP contribution in [0.15, 0.2) is 119 Å². The van der Waals surface area contributed by atoms with Crippen molar-refractivity contribution in [3.05, 3.63) is 120 Å². The number of hydrogen-bond donors (Lipinski definition) is 0. The lowest BCUT2D eigenvalue weighted by atomic mass is 10.1. The van der Waals surface area contributed by atoms with Gasteiger partial charge in [0.15, 0.2) is 0 Å². The standard InChI is InChI=1S/C26H18N2O6S2/c29-25-22-16-8-10-18-24(22)28(36(33,34)20-13-5-2-6-14-20)26(30)21-15-7-9-17-23(21)27(25)35(31,32)19-11-3-1-4-12-19/h1-18H. The van der Waals surface area contributed by atoms with Gasteiger partial charge in [-0.25, -0.2) is 16.8 Å². The molecule has 1 aliphatic heterocycles. The molecule has 4 aromatic carbocycles. The Morgan fingerprint density at radius 3 is 1.08 bits per heavy atom. The van der Waals surface area contributed by atoms with Crippen LogP contribution in [-0.4, -0.2) is 28.6 Å². The molecule has 5 rings (SSSR count). The van der Waals surface area contributed by atoms with Crippen LogP contribution in [0.2, 0.25) is 0 Å². The smallest absolute Gasteiger partial charge is 0.267 e. The van der Waals surface area contributed by atoms with Crippen LogP contribution in [0.3, 0.4) is 0 Å². The SMILES string of the molecule is O=C1c2ccccc2N(S(=O)(=O)c2ccccc2)C(=O)c2ccccc2N1S(=O)(=O)c1ccccc1. The summed E-state index contributed by atoms with van der Waals surface area (Å²) in [5, 5.41) is 0. The van der Waals surface area contributed by atoms with Crippen molar-refractivity contribution < 1.29 is 26.4 Å². The Morgan fingerprint density at radius 1 is 0.417 bits per heavy atom. The van der Waals surface area contributed by atoms with Crippen molar-refractivity contribution >= 4 is 43.2 Å². The molecule has 1 heterocycles. The van der Waals surface area contributed by atoms with Crippen molar-refractivity contribution in [3.63, 3.8) is 0 Å². The Hall–Kier alpha value is -4.28. The molecule has 0 unspecified atom stereocenters. The fourth-order valence-corrected chi connectivity index (χ4v) is 6.87. The van der Waals surface area contributed by atoms with Gasteiger partial charge in [-0.15, -0.1) is 0 Å². The highest BCUT2D eigenvalue weighted by molar-refractivity contribution is 7.94. The van der Waals surface area contributed by atoms with Gasteiger partial charge in [-0.2, -0.15) is 8.61 Å². The van der Waals surface area contributed by atoms with E-state index >= 15 is 0 Å². The minimum Gasteiger partial charge on any atom is -0.267 e. The van der Waals surface area contributed by atoms with Crippen LogP contribution >= 0.6 is 0 Å². The first kappa shape index (κ1) is 23.5. The molecule has 0 fully saturated rings. The molecular weight excluding hydrogens is 500 g/mol. The van der Waals surface area contributed by atoms with Crippen LogP contribution < -0.4 is 8.61 Å². The predicted octanol–water partition coefficient (Wildman–Crippen LogP) is 4.07. The van der Waals surface area contributed by atoms with Crippen LogP contribution in [0.1, 0.15) is 20.7 Å². The molecule has 1 aliphatic rings. The first-order valence-corrected chi connectivity index (χ1v) is 13.6. The average molecular weight is 519 g/mol. The van der Waals surface area contributed by atoms with Gasteiger partial charge in [-0.3, -0.25) is 9.59 Å². The van der Waals surface area contributed by atoms with E-state index in [4.69, 9.17) is 0 Å². The first-order chi connectivity index (χ1) is 17.2. The van der Waals surface area contributed by atoms with Crippen LogP contribution in [0.4, 0.5) is 11.4 Å². The third-order valence-corrected chi connectivity index (χ3v) is 9.06. The Kier molecular flexibility index (Phi) is 5.70. The summed E-state index contributed by atoms with van der Waals surface area (Å²) in [6.07, 6.45) is 0. The Morgan fingerprint density at radius 2 is 0.722 bits per heavy atom. The van der Waals surface area contributed by atoms with E-state index in [0.29, 0.717) is 8.61 Å². The van der Waals surface area contributed by atoms with Gasteiger partial charge >= 0.3 is 0 Å². The number of rotatable bonds is 4. The molecular formula is C26H18N2O6S2. The van der Waals surface area contributed by atoms with Crippen molar-refractivity contribution in [2.45, 2.75) is 9.79 Å². The molecule has 2 amide bonds. The lowest BCUT2D eigenvalue weighted by molar-refractivity contribution is 0.0996. The van der Waals surface area contributed by atoms with E-state index in [2.05, 4.69) is 0 Å². The second-order valence-corrected chi connectivity index (χ2v) is 11.4. The fraction of sp³-hybridized carbons (Fsp3) is 0. The molecule has 8 nitrogen and oxygen atoms in total. The number of sulfonamides is 2. The van der Waals surface area contributed by atoms with Gasteiger partial charge in [0.2, 0.25) is 0 Å². The summed E-state index contributed by atoms with van der Waals surface area (Å²) in [5.41, 5.74) is -1.03. The van der Waals surface area contributed by atoms with Crippen LogP contribution in [0, 0.1) is 0 Å². The van der Waals surface area contributed by atoms with Gasteiger partial charge in [0.1, 0.15) is 0 Å². The molecule has 0 saturated carbocycles. The zero-order valence-corrected chi connectivity index (χ0v) is 20.2. The molecule has 180 valence electrons. The summed E-state index contributed by atoms with van der Waals surface area (Å²) in [7, 11) is -8.94. The Balaban J connectivity index is 1.82. The number of para-hydroxylation sites is 2. The van der Waals surface area contributed by atoms with Crippen molar-refractivity contribution in [1.82, 2.24) is 0 Å². The second-order valence-electron chi connectivity index (χ2n) is 7.81. The summed E-state index contributed by atoms with van der Waals surface area (Å²) in [5.74, 6) is -2.00. The van der Waals surface area contributed by atoms with Crippen LogP contribution in [0.25, 0.3) is 0 Å². The summed E-state index contributed by atoms with van der Waals surface area (Å²) < 4.78 is 55.9. The number of hydrogen-bond acceptors (Lipinski definition) is 6. The van der Waals surface area contributed by atoms with E-state index in [1.807, 2.05) is 0 Å². The van der Waals surface area contributed by atoms with Crippen molar-refractivity contribution in [1.29, 1.82) is 0 Å². The second kappa shape index (κ2) is 8.74. The molecule has 0 aliphatic carbocycles. The number of nitrogens with zero attached hydrogens (tertiary/aromatic N) is 2. The molecule has 36 heavy (non-hydrogen) atoms. The molecule has 0 N–H and O–H groups in total. The number of carbonyl (C=O) groups is 2. The fourth-order valence-electron chi connectivity index (χ4n) is 3.97. The van der Waals surface area contributed by atoms with Crippen LogP contribution in [-0.2, 0) is 20.0 Å². The maximum Gasteiger partial charge on any atom is 0.274 e. The summed E-state index contributed by atoms with van der Waals surface area (Å²) in [6.45, 7) is 0. The lowest BCUT2D eigenvalue weighted by Gasteiger charge is -2.32. The lowest BCUT2D eigenvalue weighted by Crippen LogP contribution is -2.45. The molecule has 0 spiro atoms. The van der Waals surface area contributed by atoms with E-state index in [0.717, 1.165) is 0 Å². The predicted molar refractivity (Wildman–Crippen MR) is 134 cm³/mol. The molecule has 0 atom stereocenters. The third-order valence-electron chi connectivity index (χ3n) is 5.64. The molecule has 0 aromatic heterocycles. The maximum absolute atomic E-state index is 13.9. The van der Waals surface area contributed by atoms with Gasteiger partial charge in [0.05, 0.1) is 32.3 Å². The van der Waals surface area contributed by atoms with Gasteiger partial charge in [0, 0.05) is 0 Å². The maximum atomic E-state index is 13.9. The minimum absolute atomic E-state index is 0.160. The van der Waals surface area contributed by atoms with E-state index < -0.39 is 31.9 Å². The van der Waals surface area contributed by atoms with Crippen molar-refractivity contribution in [2.24, 2.45) is 0 Å². The molecule has 0 saturated heterocycles. The molecule has 10 heteroatoms. The van der Waals surface area contributed by atoms with Gasteiger partial charge in [-0.05, 0) is 48.5 Å². The highest BCUT2D eigenvalue weighted by Gasteiger charge is 2.42. The molecule has 0 radical (unpaired) electrons. The zero-order chi connectivity index (χ0) is 25.5. The van der Waals surface area contributed by atoms with Crippen molar-refractivity contribution in [2.75, 3.05) is 8.61 Å². The zero-order valence-electron chi connectivity index (χ0n) is 18.6. The van der Waals surface area contributed by atoms with Gasteiger partial charge in [0.25, 0.3) is 31.9 Å². The Labute approximate surface area is 208 Å². The summed E-state index contributed by atoms with van der Waals surface area (Å²) in [4.78, 5) is 27.5. The third kappa shape index (κ3) is 3.67. The highest BCUT2D eigenvalue weighted by atomic mass is 32.2. The van der Waals surface area contributed by atoms with E-state index in [-0.39, 0.29) is 32.3 Å².